The normalized spacial score (nSPS) is 9.73. The third-order valence-electron chi connectivity index (χ3n) is 1.72. The van der Waals surface area contributed by atoms with E-state index >= 15 is 0 Å². The molecule has 15 heavy (non-hydrogen) atoms. The van der Waals surface area contributed by atoms with Crippen LogP contribution in [0.15, 0.2) is 18.2 Å². The molecule has 0 bridgehead atoms. The van der Waals surface area contributed by atoms with Gasteiger partial charge in [0.15, 0.2) is 0 Å². The average molecular weight is 229 g/mol. The predicted octanol–water partition coefficient (Wildman–Crippen LogP) is 2.29. The van der Waals surface area contributed by atoms with Crippen molar-refractivity contribution in [3.8, 4) is 0 Å². The summed E-state index contributed by atoms with van der Waals surface area (Å²) < 4.78 is 0. The Balaban J connectivity index is 3.16. The summed E-state index contributed by atoms with van der Waals surface area (Å²) in [5, 5.41) is 13.0. The van der Waals surface area contributed by atoms with Crippen LogP contribution in [0.5, 0.6) is 0 Å². The van der Waals surface area contributed by atoms with Gasteiger partial charge in [-0.15, -0.1) is 11.6 Å². The van der Waals surface area contributed by atoms with Crippen molar-refractivity contribution < 1.29 is 9.72 Å². The predicted molar refractivity (Wildman–Crippen MR) is 57.0 cm³/mol. The summed E-state index contributed by atoms with van der Waals surface area (Å²) >= 11 is 5.58. The number of nitrogens with one attached hydrogen (secondary N) is 1. The van der Waals surface area contributed by atoms with E-state index in [1.54, 1.807) is 6.07 Å². The molecule has 0 aliphatic heterocycles. The first-order chi connectivity index (χ1) is 7.04. The standard InChI is InChI=1S/C9H9ClN2O3/c1-6(13)11-8-4-7(5-10)2-3-9(8)12(14)15/h2-4H,5H2,1H3,(H,11,13). The monoisotopic (exact) mass is 228 g/mol. The minimum atomic E-state index is -0.552. The maximum absolute atomic E-state index is 10.8. The summed E-state index contributed by atoms with van der Waals surface area (Å²) in [5.41, 5.74) is 0.746. The minimum Gasteiger partial charge on any atom is -0.321 e. The van der Waals surface area contributed by atoms with Crippen molar-refractivity contribution in [3.05, 3.63) is 33.9 Å². The van der Waals surface area contributed by atoms with Crippen LogP contribution in [0.25, 0.3) is 0 Å². The lowest BCUT2D eigenvalue weighted by Gasteiger charge is -2.04. The summed E-state index contributed by atoms with van der Waals surface area (Å²) in [4.78, 5) is 20.9. The Bertz CT molecular complexity index is 406. The third-order valence-corrected chi connectivity index (χ3v) is 2.03. The van der Waals surface area contributed by atoms with Crippen LogP contribution in [0.4, 0.5) is 11.4 Å². The van der Waals surface area contributed by atoms with Crippen molar-refractivity contribution in [3.63, 3.8) is 0 Å². The first-order valence-corrected chi connectivity index (χ1v) is 4.69. The first-order valence-electron chi connectivity index (χ1n) is 4.15. The van der Waals surface area contributed by atoms with Gasteiger partial charge in [-0.3, -0.25) is 14.9 Å². The Labute approximate surface area is 91.2 Å². The smallest absolute Gasteiger partial charge is 0.292 e. The van der Waals surface area contributed by atoms with Crippen molar-refractivity contribution in [1.29, 1.82) is 0 Å². The fourth-order valence-corrected chi connectivity index (χ4v) is 1.28. The van der Waals surface area contributed by atoms with Gasteiger partial charge in [0, 0.05) is 18.9 Å². The fourth-order valence-electron chi connectivity index (χ4n) is 1.12. The Morgan fingerprint density at radius 3 is 2.73 bits per heavy atom. The third kappa shape index (κ3) is 2.92. The van der Waals surface area contributed by atoms with E-state index in [-0.39, 0.29) is 23.2 Å². The lowest BCUT2D eigenvalue weighted by molar-refractivity contribution is -0.383. The summed E-state index contributed by atoms with van der Waals surface area (Å²) in [7, 11) is 0. The number of amides is 1. The van der Waals surface area contributed by atoms with Gasteiger partial charge in [0.05, 0.1) is 4.92 Å². The quantitative estimate of drug-likeness (QED) is 0.490. The number of alkyl halides is 1. The van der Waals surface area contributed by atoms with Crippen molar-refractivity contribution in [2.75, 3.05) is 5.32 Å². The zero-order valence-corrected chi connectivity index (χ0v) is 8.75. The van der Waals surface area contributed by atoms with Crippen molar-refractivity contribution in [1.82, 2.24) is 0 Å². The maximum Gasteiger partial charge on any atom is 0.292 e. The highest BCUT2D eigenvalue weighted by Gasteiger charge is 2.14. The number of hydrogen-bond donors (Lipinski definition) is 1. The van der Waals surface area contributed by atoms with Crippen LogP contribution < -0.4 is 5.32 Å². The molecule has 0 aliphatic carbocycles. The molecule has 0 saturated heterocycles. The number of benzene rings is 1. The van der Waals surface area contributed by atoms with Gasteiger partial charge in [0.2, 0.25) is 5.91 Å². The van der Waals surface area contributed by atoms with Crippen molar-refractivity contribution in [2.45, 2.75) is 12.8 Å². The van der Waals surface area contributed by atoms with Gasteiger partial charge in [-0.2, -0.15) is 0 Å². The van der Waals surface area contributed by atoms with Gasteiger partial charge in [-0.25, -0.2) is 0 Å². The molecule has 0 heterocycles. The van der Waals surface area contributed by atoms with Crippen LogP contribution in [0.2, 0.25) is 0 Å². The van der Waals surface area contributed by atoms with E-state index in [0.29, 0.717) is 5.56 Å². The zero-order valence-electron chi connectivity index (χ0n) is 7.99. The number of nitro groups is 1. The van der Waals surface area contributed by atoms with E-state index in [4.69, 9.17) is 11.6 Å². The van der Waals surface area contributed by atoms with Crippen LogP contribution in [0, 0.1) is 10.1 Å². The Hall–Kier alpha value is -1.62. The van der Waals surface area contributed by atoms with Crippen molar-refractivity contribution >= 4 is 28.9 Å². The highest BCUT2D eigenvalue weighted by atomic mass is 35.5. The summed E-state index contributed by atoms with van der Waals surface area (Å²) in [5.74, 6) is -0.116. The SMILES string of the molecule is CC(=O)Nc1cc(CCl)ccc1[N+](=O)[O-]. The van der Waals surface area contributed by atoms with Crippen LogP contribution in [-0.2, 0) is 10.7 Å². The second kappa shape index (κ2) is 4.75. The molecule has 0 aliphatic rings. The van der Waals surface area contributed by atoms with E-state index in [1.807, 2.05) is 0 Å². The number of halogens is 1. The van der Waals surface area contributed by atoms with E-state index in [1.165, 1.54) is 19.1 Å². The van der Waals surface area contributed by atoms with Crippen LogP contribution in [-0.4, -0.2) is 10.8 Å². The highest BCUT2D eigenvalue weighted by Crippen LogP contribution is 2.25. The molecule has 0 atom stereocenters. The molecule has 1 aromatic carbocycles. The summed E-state index contributed by atoms with van der Waals surface area (Å²) in [6.07, 6.45) is 0. The molecule has 6 heteroatoms. The minimum absolute atomic E-state index is 0.140. The van der Waals surface area contributed by atoms with E-state index in [0.717, 1.165) is 0 Å². The van der Waals surface area contributed by atoms with Crippen LogP contribution >= 0.6 is 11.6 Å². The summed E-state index contributed by atoms with van der Waals surface area (Å²) in [6, 6.07) is 4.37. The number of carbonyl (C=O) groups is 1. The number of anilines is 1. The van der Waals surface area contributed by atoms with Gasteiger partial charge in [0.25, 0.3) is 5.69 Å². The molecular formula is C9H9ClN2O3. The van der Waals surface area contributed by atoms with Gasteiger partial charge >= 0.3 is 0 Å². The molecule has 1 aromatic rings. The summed E-state index contributed by atoms with van der Waals surface area (Å²) in [6.45, 7) is 1.29. The molecular weight excluding hydrogens is 220 g/mol. The molecule has 1 rings (SSSR count). The molecule has 0 saturated carbocycles. The van der Waals surface area contributed by atoms with Crippen molar-refractivity contribution in [2.24, 2.45) is 0 Å². The lowest BCUT2D eigenvalue weighted by Crippen LogP contribution is -2.08. The van der Waals surface area contributed by atoms with Gasteiger partial charge < -0.3 is 5.32 Å². The number of hydrogen-bond acceptors (Lipinski definition) is 3. The highest BCUT2D eigenvalue weighted by molar-refractivity contribution is 6.17. The molecule has 0 unspecified atom stereocenters. The van der Waals surface area contributed by atoms with Crippen LogP contribution in [0.1, 0.15) is 12.5 Å². The van der Waals surface area contributed by atoms with Gasteiger partial charge in [0.1, 0.15) is 5.69 Å². The molecule has 5 nitrogen and oxygen atoms in total. The Kier molecular flexibility index (Phi) is 3.62. The van der Waals surface area contributed by atoms with E-state index in [2.05, 4.69) is 5.32 Å². The fraction of sp³-hybridized carbons (Fsp3) is 0.222. The van der Waals surface area contributed by atoms with Gasteiger partial charge in [-0.05, 0) is 11.6 Å². The number of rotatable bonds is 3. The molecule has 0 radical (unpaired) electrons. The molecule has 1 N–H and O–H groups in total. The number of nitro benzene ring substituents is 1. The molecule has 0 spiro atoms. The topological polar surface area (TPSA) is 72.2 Å². The van der Waals surface area contributed by atoms with Gasteiger partial charge in [-0.1, -0.05) is 6.07 Å². The molecule has 80 valence electrons. The second-order valence-electron chi connectivity index (χ2n) is 2.92. The Morgan fingerprint density at radius 2 is 2.27 bits per heavy atom. The molecule has 1 amide bonds. The maximum atomic E-state index is 10.8. The second-order valence-corrected chi connectivity index (χ2v) is 3.19. The largest absolute Gasteiger partial charge is 0.321 e. The first kappa shape index (κ1) is 11.5. The Morgan fingerprint density at radius 1 is 1.60 bits per heavy atom. The lowest BCUT2D eigenvalue weighted by atomic mass is 10.2. The molecule has 0 aromatic heterocycles. The number of carbonyl (C=O) groups excluding carboxylic acids is 1. The molecule has 0 fully saturated rings. The zero-order chi connectivity index (χ0) is 11.4. The van der Waals surface area contributed by atoms with E-state index in [9.17, 15) is 14.9 Å². The average Bonchev–Trinajstić information content (AvgIpc) is 2.16. The van der Waals surface area contributed by atoms with Crippen LogP contribution in [0.3, 0.4) is 0 Å². The number of nitrogens with zero attached hydrogens (tertiary/aromatic N) is 1. The van der Waals surface area contributed by atoms with E-state index < -0.39 is 4.92 Å².